The van der Waals surface area contributed by atoms with E-state index in [1.807, 2.05) is 0 Å². The molecule has 0 atom stereocenters. The van der Waals surface area contributed by atoms with Crippen LogP contribution in [0.25, 0.3) is 0 Å². The first kappa shape index (κ1) is 9.41. The Morgan fingerprint density at radius 1 is 1.55 bits per heavy atom. The molecule has 1 aromatic carbocycles. The average molecular weight is 330 g/mol. The summed E-state index contributed by atoms with van der Waals surface area (Å²) in [5, 5.41) is 0. The molecule has 0 aliphatic carbocycles. The van der Waals surface area contributed by atoms with Crippen LogP contribution in [0.5, 0.6) is 0 Å². The second kappa shape index (κ2) is 3.82. The Labute approximate surface area is 86.4 Å². The Bertz CT molecular complexity index is 277. The van der Waals surface area contributed by atoms with Gasteiger partial charge < -0.3 is 5.73 Å². The van der Waals surface area contributed by atoms with Gasteiger partial charge in [0.25, 0.3) is 0 Å². The van der Waals surface area contributed by atoms with Crippen LogP contribution in [0.1, 0.15) is 5.56 Å². The van der Waals surface area contributed by atoms with Crippen LogP contribution >= 0.6 is 38.5 Å². The minimum atomic E-state index is -0.238. The molecule has 0 fully saturated rings. The van der Waals surface area contributed by atoms with Gasteiger partial charge in [-0.15, -0.1) is 0 Å². The summed E-state index contributed by atoms with van der Waals surface area (Å²) in [6, 6.07) is 2.90. The van der Waals surface area contributed by atoms with Gasteiger partial charge >= 0.3 is 0 Å². The van der Waals surface area contributed by atoms with Crippen molar-refractivity contribution in [2.24, 2.45) is 5.73 Å². The summed E-state index contributed by atoms with van der Waals surface area (Å²) in [7, 11) is 0. The zero-order chi connectivity index (χ0) is 8.43. The van der Waals surface area contributed by atoms with Gasteiger partial charge in [0, 0.05) is 14.6 Å². The molecule has 0 aromatic heterocycles. The highest BCUT2D eigenvalue weighted by molar-refractivity contribution is 14.1. The minimum absolute atomic E-state index is 0.238. The molecule has 0 saturated carbocycles. The Morgan fingerprint density at radius 2 is 2.18 bits per heavy atom. The fourth-order valence-electron chi connectivity index (χ4n) is 0.758. The van der Waals surface area contributed by atoms with Crippen molar-refractivity contribution in [1.82, 2.24) is 0 Å². The van der Waals surface area contributed by atoms with Crippen LogP contribution in [0.3, 0.4) is 0 Å². The smallest absolute Gasteiger partial charge is 0.124 e. The number of halogens is 3. The number of hydrogen-bond donors (Lipinski definition) is 1. The summed E-state index contributed by atoms with van der Waals surface area (Å²) in [4.78, 5) is 0. The molecule has 1 rings (SSSR count). The van der Waals surface area contributed by atoms with Crippen molar-refractivity contribution >= 4 is 38.5 Å². The highest BCUT2D eigenvalue weighted by atomic mass is 127. The molecule has 60 valence electrons. The maximum absolute atomic E-state index is 12.7. The maximum Gasteiger partial charge on any atom is 0.124 e. The molecular weight excluding hydrogens is 324 g/mol. The van der Waals surface area contributed by atoms with E-state index in [9.17, 15) is 4.39 Å². The second-order valence-electron chi connectivity index (χ2n) is 2.06. The van der Waals surface area contributed by atoms with Gasteiger partial charge in [0.2, 0.25) is 0 Å². The fraction of sp³-hybridized carbons (Fsp3) is 0.143. The maximum atomic E-state index is 12.7. The van der Waals surface area contributed by atoms with Crippen molar-refractivity contribution in [3.8, 4) is 0 Å². The topological polar surface area (TPSA) is 26.0 Å². The van der Waals surface area contributed by atoms with E-state index < -0.39 is 0 Å². The van der Waals surface area contributed by atoms with E-state index in [0.717, 1.165) is 13.6 Å². The van der Waals surface area contributed by atoms with Crippen LogP contribution in [0, 0.1) is 9.39 Å². The van der Waals surface area contributed by atoms with Gasteiger partial charge in [0.15, 0.2) is 0 Å². The van der Waals surface area contributed by atoms with Crippen molar-refractivity contribution < 1.29 is 4.39 Å². The Hall–Kier alpha value is 0.320. The number of rotatable bonds is 1. The van der Waals surface area contributed by atoms with Gasteiger partial charge in [-0.3, -0.25) is 0 Å². The van der Waals surface area contributed by atoms with E-state index in [-0.39, 0.29) is 5.82 Å². The minimum Gasteiger partial charge on any atom is -0.326 e. The summed E-state index contributed by atoms with van der Waals surface area (Å²) in [5.41, 5.74) is 6.19. The van der Waals surface area contributed by atoms with E-state index in [0.29, 0.717) is 6.54 Å². The lowest BCUT2D eigenvalue weighted by molar-refractivity contribution is 0.624. The lowest BCUT2D eigenvalue weighted by Gasteiger charge is -2.02. The van der Waals surface area contributed by atoms with Crippen molar-refractivity contribution in [3.63, 3.8) is 0 Å². The fourth-order valence-corrected chi connectivity index (χ4v) is 1.79. The summed E-state index contributed by atoms with van der Waals surface area (Å²) in [6.07, 6.45) is 0. The molecule has 0 unspecified atom stereocenters. The summed E-state index contributed by atoms with van der Waals surface area (Å²) >= 11 is 5.38. The molecule has 11 heavy (non-hydrogen) atoms. The van der Waals surface area contributed by atoms with Crippen LogP contribution in [0.15, 0.2) is 16.6 Å². The molecule has 4 heteroatoms. The molecule has 0 spiro atoms. The third-order valence-electron chi connectivity index (χ3n) is 1.29. The Balaban J connectivity index is 3.24. The predicted octanol–water partition coefficient (Wildman–Crippen LogP) is 2.65. The van der Waals surface area contributed by atoms with Crippen molar-refractivity contribution in [2.45, 2.75) is 6.54 Å². The molecule has 0 amide bonds. The zero-order valence-corrected chi connectivity index (χ0v) is 9.32. The summed E-state index contributed by atoms with van der Waals surface area (Å²) in [6.45, 7) is 0.356. The lowest BCUT2D eigenvalue weighted by Crippen LogP contribution is -1.99. The molecule has 0 saturated heterocycles. The third-order valence-corrected chi connectivity index (χ3v) is 3.82. The molecule has 0 bridgehead atoms. The van der Waals surface area contributed by atoms with E-state index in [1.54, 1.807) is 0 Å². The molecule has 2 N–H and O–H groups in total. The van der Waals surface area contributed by atoms with Gasteiger partial charge in [-0.25, -0.2) is 4.39 Å². The van der Waals surface area contributed by atoms with Crippen LogP contribution in [-0.4, -0.2) is 0 Å². The van der Waals surface area contributed by atoms with Gasteiger partial charge in [0.05, 0.1) is 0 Å². The number of nitrogens with two attached hydrogens (primary N) is 1. The molecular formula is C7H6BrFIN. The first-order valence-corrected chi connectivity index (χ1v) is 4.86. The van der Waals surface area contributed by atoms with E-state index >= 15 is 0 Å². The standard InChI is InChI=1S/C7H6BrFIN/c8-7-4(3-11)1-5(9)2-6(7)10/h1-2H,3,11H2. The first-order chi connectivity index (χ1) is 5.15. The molecule has 0 aliphatic rings. The third kappa shape index (κ3) is 2.13. The summed E-state index contributed by atoms with van der Waals surface area (Å²) < 4.78 is 14.5. The monoisotopic (exact) mass is 329 g/mol. The highest BCUT2D eigenvalue weighted by Gasteiger charge is 2.04. The second-order valence-corrected chi connectivity index (χ2v) is 4.02. The van der Waals surface area contributed by atoms with Gasteiger partial charge in [0.1, 0.15) is 5.82 Å². The van der Waals surface area contributed by atoms with Crippen molar-refractivity contribution in [2.75, 3.05) is 0 Å². The van der Waals surface area contributed by atoms with Crippen molar-refractivity contribution in [1.29, 1.82) is 0 Å². The predicted molar refractivity (Wildman–Crippen MR) is 54.7 cm³/mol. The first-order valence-electron chi connectivity index (χ1n) is 2.98. The van der Waals surface area contributed by atoms with E-state index in [4.69, 9.17) is 5.73 Å². The molecule has 0 radical (unpaired) electrons. The van der Waals surface area contributed by atoms with Crippen LogP contribution in [0.4, 0.5) is 4.39 Å². The molecule has 0 heterocycles. The normalized spacial score (nSPS) is 10.2. The zero-order valence-electron chi connectivity index (χ0n) is 5.57. The largest absolute Gasteiger partial charge is 0.326 e. The molecule has 1 aromatic rings. The van der Waals surface area contributed by atoms with Crippen LogP contribution < -0.4 is 5.73 Å². The molecule has 0 aliphatic heterocycles. The van der Waals surface area contributed by atoms with E-state index in [2.05, 4.69) is 38.5 Å². The SMILES string of the molecule is NCc1cc(F)cc(I)c1Br. The van der Waals surface area contributed by atoms with Gasteiger partial charge in [-0.1, -0.05) is 0 Å². The number of hydrogen-bond acceptors (Lipinski definition) is 1. The van der Waals surface area contributed by atoms with Crippen LogP contribution in [-0.2, 0) is 6.54 Å². The number of benzene rings is 1. The van der Waals surface area contributed by atoms with Gasteiger partial charge in [-0.05, 0) is 56.2 Å². The highest BCUT2D eigenvalue weighted by Crippen LogP contribution is 2.24. The lowest BCUT2D eigenvalue weighted by atomic mass is 10.2. The molecule has 1 nitrogen and oxygen atoms in total. The average Bonchev–Trinajstić information content (AvgIpc) is 1.96. The Morgan fingerprint density at radius 3 is 2.73 bits per heavy atom. The quantitative estimate of drug-likeness (QED) is 0.622. The summed E-state index contributed by atoms with van der Waals surface area (Å²) in [5.74, 6) is -0.238. The van der Waals surface area contributed by atoms with Gasteiger partial charge in [-0.2, -0.15) is 0 Å². The Kier molecular flexibility index (Phi) is 3.27. The van der Waals surface area contributed by atoms with Crippen LogP contribution in [0.2, 0.25) is 0 Å². The van der Waals surface area contributed by atoms with E-state index in [1.165, 1.54) is 12.1 Å². The van der Waals surface area contributed by atoms with Crippen molar-refractivity contribution in [3.05, 3.63) is 31.6 Å².